The molecule has 1 spiro atoms. The van der Waals surface area contributed by atoms with Crippen molar-refractivity contribution < 1.29 is 24.1 Å². The Morgan fingerprint density at radius 2 is 1.65 bits per heavy atom. The zero-order chi connectivity index (χ0) is 17.5. The summed E-state index contributed by atoms with van der Waals surface area (Å²) in [7, 11) is 1.59. The zero-order valence-corrected chi connectivity index (χ0v) is 14.0. The van der Waals surface area contributed by atoms with E-state index in [0.29, 0.717) is 11.3 Å². The Kier molecular flexibility index (Phi) is 2.60. The Morgan fingerprint density at radius 3 is 2.35 bits per heavy atom. The molecule has 5 heteroatoms. The number of methoxy groups -OCH3 is 1. The minimum absolute atomic E-state index is 0.372. The van der Waals surface area contributed by atoms with Crippen LogP contribution in [-0.4, -0.2) is 24.4 Å². The Labute approximate surface area is 149 Å². The van der Waals surface area contributed by atoms with Crippen LogP contribution in [0.5, 0.6) is 17.2 Å². The number of aliphatic hydroxyl groups is 1. The summed E-state index contributed by atoms with van der Waals surface area (Å²) >= 11 is 0. The monoisotopic (exact) mass is 348 g/mol. The normalized spacial score (nSPS) is 26.5. The van der Waals surface area contributed by atoms with Crippen LogP contribution in [0, 0.1) is 0 Å². The first kappa shape index (κ1) is 14.4. The van der Waals surface area contributed by atoms with E-state index >= 15 is 0 Å². The minimum atomic E-state index is -1.13. The maximum atomic E-state index is 10.7. The van der Waals surface area contributed by atoms with Crippen molar-refractivity contribution in [1.29, 1.82) is 0 Å². The number of hydrogen-bond donors (Lipinski definition) is 1. The number of fused-ring (bicyclic) bond motifs is 4. The van der Waals surface area contributed by atoms with Crippen LogP contribution >= 0.6 is 0 Å². The summed E-state index contributed by atoms with van der Waals surface area (Å²) in [5, 5.41) is 12.7. The number of benzene rings is 3. The van der Waals surface area contributed by atoms with Gasteiger partial charge in [0.05, 0.1) is 12.5 Å². The van der Waals surface area contributed by atoms with Crippen LogP contribution in [0.3, 0.4) is 0 Å². The number of rotatable bonds is 1. The molecule has 1 fully saturated rings. The maximum absolute atomic E-state index is 10.7. The second kappa shape index (κ2) is 4.69. The molecule has 3 aliphatic rings. The van der Waals surface area contributed by atoms with E-state index in [0.717, 1.165) is 27.8 Å². The van der Waals surface area contributed by atoms with Gasteiger partial charge in [0, 0.05) is 11.1 Å². The van der Waals surface area contributed by atoms with Crippen LogP contribution in [0.2, 0.25) is 0 Å². The Morgan fingerprint density at radius 1 is 0.962 bits per heavy atom. The lowest BCUT2D eigenvalue weighted by molar-refractivity contribution is -0.148. The topological polar surface area (TPSA) is 60.5 Å². The van der Waals surface area contributed by atoms with Gasteiger partial charge in [-0.15, -0.1) is 0 Å². The summed E-state index contributed by atoms with van der Waals surface area (Å²) in [5.74, 6) is 0.983. The minimum Gasteiger partial charge on any atom is -0.496 e. The average Bonchev–Trinajstić information content (AvgIpc) is 3.48. The number of aliphatic hydroxyl groups excluding tert-OH is 1. The first-order valence-corrected chi connectivity index (χ1v) is 8.63. The van der Waals surface area contributed by atoms with E-state index in [9.17, 15) is 5.11 Å². The van der Waals surface area contributed by atoms with Gasteiger partial charge in [-0.05, 0) is 23.6 Å². The second-order valence-electron chi connectivity index (χ2n) is 6.87. The van der Waals surface area contributed by atoms with Gasteiger partial charge in [0.25, 0.3) is 0 Å². The molecule has 0 aromatic heterocycles. The van der Waals surface area contributed by atoms with Crippen LogP contribution in [0.25, 0.3) is 10.8 Å². The van der Waals surface area contributed by atoms with E-state index in [-0.39, 0.29) is 12.2 Å². The third kappa shape index (κ3) is 1.62. The van der Waals surface area contributed by atoms with Crippen molar-refractivity contribution in [2.45, 2.75) is 24.1 Å². The molecule has 0 saturated carbocycles. The molecule has 1 aliphatic carbocycles. The highest BCUT2D eigenvalue weighted by atomic mass is 16.8. The molecule has 2 aliphatic heterocycles. The molecule has 0 unspecified atom stereocenters. The van der Waals surface area contributed by atoms with Crippen molar-refractivity contribution in [2.24, 2.45) is 0 Å². The first-order chi connectivity index (χ1) is 12.7. The molecule has 5 nitrogen and oxygen atoms in total. The summed E-state index contributed by atoms with van der Waals surface area (Å²) in [6, 6.07) is 17.5. The van der Waals surface area contributed by atoms with Crippen LogP contribution in [0.4, 0.5) is 0 Å². The fourth-order valence-electron chi connectivity index (χ4n) is 4.34. The van der Waals surface area contributed by atoms with Gasteiger partial charge in [-0.25, -0.2) is 0 Å². The maximum Gasteiger partial charge on any atom is 0.307 e. The molecule has 130 valence electrons. The van der Waals surface area contributed by atoms with Crippen LogP contribution in [0.1, 0.15) is 17.2 Å². The van der Waals surface area contributed by atoms with E-state index < -0.39 is 11.9 Å². The molecule has 1 N–H and O–H groups in total. The molecule has 1 saturated heterocycles. The lowest BCUT2D eigenvalue weighted by Gasteiger charge is -2.41. The standard InChI is InChI=1S/C21H16O5/c1-23-13-8-4-7-12-17(13)18(22)19-20(24-19)21(12)25-14-9-2-5-11-6-3-10-15(26-21)16(11)14/h2-10,18-20,22H,1H3/t18-,19+,20+/m0/s1. The van der Waals surface area contributed by atoms with Crippen molar-refractivity contribution >= 4 is 10.8 Å². The molecule has 0 amide bonds. The third-order valence-electron chi connectivity index (χ3n) is 5.52. The molecule has 0 bridgehead atoms. The summed E-state index contributed by atoms with van der Waals surface area (Å²) in [5.41, 5.74) is 1.41. The molecule has 0 radical (unpaired) electrons. The largest absolute Gasteiger partial charge is 0.496 e. The second-order valence-corrected chi connectivity index (χ2v) is 6.87. The lowest BCUT2D eigenvalue weighted by Crippen LogP contribution is -2.50. The molecule has 3 aromatic carbocycles. The van der Waals surface area contributed by atoms with Gasteiger partial charge in [-0.1, -0.05) is 36.4 Å². The van der Waals surface area contributed by atoms with Gasteiger partial charge in [0.15, 0.2) is 6.10 Å². The predicted molar refractivity (Wildman–Crippen MR) is 93.5 cm³/mol. The van der Waals surface area contributed by atoms with E-state index in [1.807, 2.05) is 54.6 Å². The van der Waals surface area contributed by atoms with Crippen LogP contribution in [0.15, 0.2) is 54.6 Å². The number of epoxide rings is 1. The van der Waals surface area contributed by atoms with Gasteiger partial charge in [0.2, 0.25) is 0 Å². The van der Waals surface area contributed by atoms with Crippen molar-refractivity contribution in [3.05, 3.63) is 65.7 Å². The van der Waals surface area contributed by atoms with E-state index in [2.05, 4.69) is 0 Å². The fraction of sp³-hybridized carbons (Fsp3) is 0.238. The summed E-state index contributed by atoms with van der Waals surface area (Å²) in [6.45, 7) is 0. The van der Waals surface area contributed by atoms with E-state index in [1.54, 1.807) is 7.11 Å². The molecule has 2 heterocycles. The van der Waals surface area contributed by atoms with Gasteiger partial charge in [0.1, 0.15) is 29.5 Å². The molecule has 26 heavy (non-hydrogen) atoms. The Bertz CT molecular complexity index is 1020. The van der Waals surface area contributed by atoms with Gasteiger partial charge in [-0.3, -0.25) is 0 Å². The number of ether oxygens (including phenoxy) is 4. The predicted octanol–water partition coefficient (Wildman–Crippen LogP) is 3.29. The highest BCUT2D eigenvalue weighted by Crippen LogP contribution is 2.58. The molecular formula is C21H16O5. The van der Waals surface area contributed by atoms with Gasteiger partial charge < -0.3 is 24.1 Å². The molecule has 3 aromatic rings. The molecule has 6 rings (SSSR count). The number of hydrogen-bond acceptors (Lipinski definition) is 5. The third-order valence-corrected chi connectivity index (χ3v) is 5.52. The van der Waals surface area contributed by atoms with Crippen molar-refractivity contribution in [3.63, 3.8) is 0 Å². The summed E-state index contributed by atoms with van der Waals surface area (Å²) in [4.78, 5) is 0. The average molecular weight is 348 g/mol. The highest BCUT2D eigenvalue weighted by Gasteiger charge is 2.68. The Hall–Kier alpha value is -2.76. The molecule has 3 atom stereocenters. The Balaban J connectivity index is 1.62. The summed E-state index contributed by atoms with van der Waals surface area (Å²) in [6.07, 6.45) is -1.51. The van der Waals surface area contributed by atoms with E-state index in [1.165, 1.54) is 0 Å². The van der Waals surface area contributed by atoms with Crippen LogP contribution in [-0.2, 0) is 10.5 Å². The highest BCUT2D eigenvalue weighted by molar-refractivity contribution is 5.94. The van der Waals surface area contributed by atoms with Gasteiger partial charge in [-0.2, -0.15) is 0 Å². The smallest absolute Gasteiger partial charge is 0.307 e. The van der Waals surface area contributed by atoms with Crippen molar-refractivity contribution in [1.82, 2.24) is 0 Å². The van der Waals surface area contributed by atoms with E-state index in [4.69, 9.17) is 18.9 Å². The first-order valence-electron chi connectivity index (χ1n) is 8.63. The summed E-state index contributed by atoms with van der Waals surface area (Å²) < 4.78 is 24.2. The van der Waals surface area contributed by atoms with Crippen molar-refractivity contribution in [2.75, 3.05) is 7.11 Å². The molecular weight excluding hydrogens is 332 g/mol. The zero-order valence-electron chi connectivity index (χ0n) is 14.0. The lowest BCUT2D eigenvalue weighted by atomic mass is 9.83. The van der Waals surface area contributed by atoms with Gasteiger partial charge >= 0.3 is 5.79 Å². The SMILES string of the molecule is COc1cccc2c1[C@H](O)[C@H]1O[C@H]1C21Oc2cccc3cccc(c23)O1. The quantitative estimate of drug-likeness (QED) is 0.684. The fourth-order valence-corrected chi connectivity index (χ4v) is 4.34. The van der Waals surface area contributed by atoms with Crippen LogP contribution < -0.4 is 14.2 Å². The van der Waals surface area contributed by atoms with Crippen molar-refractivity contribution in [3.8, 4) is 17.2 Å².